The number of piperazine rings is 1. The summed E-state index contributed by atoms with van der Waals surface area (Å²) in [6.45, 7) is 3.91. The van der Waals surface area contributed by atoms with Gasteiger partial charge in [0.25, 0.3) is 0 Å². The molecule has 3 rings (SSSR count). The number of nitrogens with zero attached hydrogens (tertiary/aromatic N) is 2. The molecular formula is C17H22FN3O2. The normalized spacial score (nSPS) is 18.7. The van der Waals surface area contributed by atoms with Gasteiger partial charge < -0.3 is 19.9 Å². The number of halogens is 1. The van der Waals surface area contributed by atoms with Gasteiger partial charge in [-0.25, -0.2) is 9.18 Å². The minimum Gasteiger partial charge on any atom is -0.381 e. The van der Waals surface area contributed by atoms with E-state index in [0.29, 0.717) is 31.9 Å². The van der Waals surface area contributed by atoms with Gasteiger partial charge in [0.05, 0.1) is 18.9 Å². The molecule has 1 aromatic carbocycles. The van der Waals surface area contributed by atoms with Crippen molar-refractivity contribution in [1.29, 1.82) is 0 Å². The molecule has 0 aromatic heterocycles. The van der Waals surface area contributed by atoms with Crippen molar-refractivity contribution < 1.29 is 13.9 Å². The fourth-order valence-electron chi connectivity index (χ4n) is 2.89. The smallest absolute Gasteiger partial charge is 0.321 e. The van der Waals surface area contributed by atoms with Crippen molar-refractivity contribution in [2.45, 2.75) is 12.8 Å². The number of anilines is 1. The number of hydrogen-bond acceptors (Lipinski definition) is 3. The van der Waals surface area contributed by atoms with Crippen LogP contribution >= 0.6 is 0 Å². The quantitative estimate of drug-likeness (QED) is 0.910. The second-order valence-corrected chi connectivity index (χ2v) is 5.79. The molecular weight excluding hydrogens is 297 g/mol. The maximum absolute atomic E-state index is 13.8. The van der Waals surface area contributed by atoms with Crippen LogP contribution in [0.4, 0.5) is 14.9 Å². The first-order valence-corrected chi connectivity index (χ1v) is 8.04. The molecule has 0 atom stereocenters. The number of para-hydroxylation sites is 1. The number of ether oxygens (including phenoxy) is 1. The maximum atomic E-state index is 13.8. The van der Waals surface area contributed by atoms with Crippen LogP contribution < -0.4 is 10.2 Å². The molecule has 6 heteroatoms. The number of rotatable bonds is 2. The van der Waals surface area contributed by atoms with E-state index in [4.69, 9.17) is 4.74 Å². The lowest BCUT2D eigenvalue weighted by atomic mass is 10.1. The molecule has 0 radical (unpaired) electrons. The Hall–Kier alpha value is -2.08. The fraction of sp³-hybridized carbons (Fsp3) is 0.471. The molecule has 124 valence electrons. The van der Waals surface area contributed by atoms with Crippen molar-refractivity contribution in [3.8, 4) is 0 Å². The zero-order valence-electron chi connectivity index (χ0n) is 13.1. The molecule has 2 fully saturated rings. The number of benzene rings is 1. The molecule has 2 aliphatic rings. The first-order chi connectivity index (χ1) is 11.2. The van der Waals surface area contributed by atoms with E-state index in [1.165, 1.54) is 11.6 Å². The number of carbonyl (C=O) groups is 1. The second kappa shape index (κ2) is 7.46. The molecule has 2 saturated heterocycles. The van der Waals surface area contributed by atoms with Crippen LogP contribution in [0.15, 0.2) is 36.0 Å². The predicted molar refractivity (Wildman–Crippen MR) is 86.9 cm³/mol. The van der Waals surface area contributed by atoms with Crippen LogP contribution in [0.3, 0.4) is 0 Å². The Morgan fingerprint density at radius 3 is 2.52 bits per heavy atom. The molecule has 1 N–H and O–H groups in total. The van der Waals surface area contributed by atoms with Crippen molar-refractivity contribution in [3.05, 3.63) is 41.9 Å². The van der Waals surface area contributed by atoms with E-state index in [2.05, 4.69) is 5.32 Å². The minimum absolute atomic E-state index is 0.0859. The van der Waals surface area contributed by atoms with Gasteiger partial charge in [-0.15, -0.1) is 0 Å². The van der Waals surface area contributed by atoms with Crippen LogP contribution in [-0.4, -0.2) is 50.3 Å². The highest BCUT2D eigenvalue weighted by Crippen LogP contribution is 2.20. The summed E-state index contributed by atoms with van der Waals surface area (Å²) in [7, 11) is 0. The van der Waals surface area contributed by atoms with Gasteiger partial charge in [0.15, 0.2) is 0 Å². The summed E-state index contributed by atoms with van der Waals surface area (Å²) in [5, 5.41) is 2.86. The summed E-state index contributed by atoms with van der Waals surface area (Å²) >= 11 is 0. The molecule has 1 aromatic rings. The Kier molecular flexibility index (Phi) is 5.12. The Morgan fingerprint density at radius 2 is 1.83 bits per heavy atom. The highest BCUT2D eigenvalue weighted by atomic mass is 19.1. The monoisotopic (exact) mass is 319 g/mol. The molecule has 0 spiro atoms. The van der Waals surface area contributed by atoms with Crippen molar-refractivity contribution >= 4 is 11.7 Å². The third kappa shape index (κ3) is 4.01. The van der Waals surface area contributed by atoms with Gasteiger partial charge in [-0.3, -0.25) is 0 Å². The molecule has 0 aliphatic carbocycles. The Morgan fingerprint density at radius 1 is 1.13 bits per heavy atom. The predicted octanol–water partition coefficient (Wildman–Crippen LogP) is 2.35. The van der Waals surface area contributed by atoms with Gasteiger partial charge >= 0.3 is 6.03 Å². The molecule has 2 aliphatic heterocycles. The van der Waals surface area contributed by atoms with E-state index in [0.717, 1.165) is 26.1 Å². The Balaban J connectivity index is 1.50. The van der Waals surface area contributed by atoms with E-state index in [-0.39, 0.29) is 11.8 Å². The standard InChI is InChI=1S/C17H22FN3O2/c18-15-3-1-2-4-16(15)20-7-9-21(10-8-20)17(22)19-13-14-5-11-23-12-6-14/h1-4,13H,5-12H2,(H,19,22). The van der Waals surface area contributed by atoms with Gasteiger partial charge in [0.2, 0.25) is 0 Å². The Bertz CT molecular complexity index is 575. The molecule has 2 heterocycles. The van der Waals surface area contributed by atoms with Gasteiger partial charge in [-0.05, 0) is 30.5 Å². The number of hydrogen-bond donors (Lipinski definition) is 1. The van der Waals surface area contributed by atoms with E-state index in [1.807, 2.05) is 17.2 Å². The molecule has 0 unspecified atom stereocenters. The van der Waals surface area contributed by atoms with E-state index in [9.17, 15) is 9.18 Å². The van der Waals surface area contributed by atoms with E-state index >= 15 is 0 Å². The van der Waals surface area contributed by atoms with Gasteiger partial charge in [-0.1, -0.05) is 12.1 Å². The van der Waals surface area contributed by atoms with Crippen LogP contribution in [0.5, 0.6) is 0 Å². The summed E-state index contributed by atoms with van der Waals surface area (Å²) < 4.78 is 19.1. The third-order valence-electron chi connectivity index (χ3n) is 4.29. The number of amides is 2. The van der Waals surface area contributed by atoms with Gasteiger partial charge in [-0.2, -0.15) is 0 Å². The second-order valence-electron chi connectivity index (χ2n) is 5.79. The van der Waals surface area contributed by atoms with Crippen LogP contribution in [-0.2, 0) is 4.74 Å². The molecule has 23 heavy (non-hydrogen) atoms. The largest absolute Gasteiger partial charge is 0.381 e. The molecule has 5 nitrogen and oxygen atoms in total. The lowest BCUT2D eigenvalue weighted by Gasteiger charge is -2.36. The molecule has 0 bridgehead atoms. The highest BCUT2D eigenvalue weighted by molar-refractivity contribution is 5.75. The summed E-state index contributed by atoms with van der Waals surface area (Å²) in [6, 6.07) is 6.68. The summed E-state index contributed by atoms with van der Waals surface area (Å²) in [5.41, 5.74) is 1.83. The summed E-state index contributed by atoms with van der Waals surface area (Å²) in [4.78, 5) is 16.0. The number of carbonyl (C=O) groups excluding carboxylic acids is 1. The minimum atomic E-state index is -0.213. The Labute approximate surface area is 135 Å². The molecule has 2 amide bonds. The van der Waals surface area contributed by atoms with Crippen LogP contribution in [0.25, 0.3) is 0 Å². The first kappa shape index (κ1) is 15.8. The SMILES string of the molecule is O=C(NC=C1CCOCC1)N1CCN(c2ccccc2F)CC1. The van der Waals surface area contributed by atoms with Crippen LogP contribution in [0, 0.1) is 5.82 Å². The average molecular weight is 319 g/mol. The number of nitrogens with one attached hydrogen (secondary N) is 1. The zero-order valence-corrected chi connectivity index (χ0v) is 13.1. The first-order valence-electron chi connectivity index (χ1n) is 8.04. The molecule has 0 saturated carbocycles. The summed E-state index contributed by atoms with van der Waals surface area (Å²) in [5.74, 6) is -0.213. The summed E-state index contributed by atoms with van der Waals surface area (Å²) in [6.07, 6.45) is 3.57. The zero-order chi connectivity index (χ0) is 16.1. The van der Waals surface area contributed by atoms with Crippen molar-refractivity contribution in [1.82, 2.24) is 10.2 Å². The van der Waals surface area contributed by atoms with E-state index < -0.39 is 0 Å². The highest BCUT2D eigenvalue weighted by Gasteiger charge is 2.22. The lowest BCUT2D eigenvalue weighted by molar-refractivity contribution is 0.118. The van der Waals surface area contributed by atoms with Gasteiger partial charge in [0, 0.05) is 32.4 Å². The third-order valence-corrected chi connectivity index (χ3v) is 4.29. The lowest BCUT2D eigenvalue weighted by Crippen LogP contribution is -2.51. The van der Waals surface area contributed by atoms with Gasteiger partial charge in [0.1, 0.15) is 5.82 Å². The average Bonchev–Trinajstić information content (AvgIpc) is 2.61. The maximum Gasteiger partial charge on any atom is 0.321 e. The fourth-order valence-corrected chi connectivity index (χ4v) is 2.89. The van der Waals surface area contributed by atoms with Crippen molar-refractivity contribution in [2.75, 3.05) is 44.3 Å². The topological polar surface area (TPSA) is 44.8 Å². The number of urea groups is 1. The van der Waals surface area contributed by atoms with Crippen molar-refractivity contribution in [3.63, 3.8) is 0 Å². The van der Waals surface area contributed by atoms with Crippen LogP contribution in [0.1, 0.15) is 12.8 Å². The van der Waals surface area contributed by atoms with E-state index in [1.54, 1.807) is 17.0 Å². The van der Waals surface area contributed by atoms with Crippen molar-refractivity contribution in [2.24, 2.45) is 0 Å². The van der Waals surface area contributed by atoms with Crippen LogP contribution in [0.2, 0.25) is 0 Å².